The van der Waals surface area contributed by atoms with Gasteiger partial charge in [0.15, 0.2) is 17.3 Å². The number of H-pyrrole nitrogens is 2. The molecule has 0 radical (unpaired) electrons. The van der Waals surface area contributed by atoms with E-state index in [1.54, 1.807) is 42.5 Å². The second-order valence-electron chi connectivity index (χ2n) is 8.66. The molecular formula is C28H22N4O4. The number of aryl methyl sites for hydroxylation is 1. The van der Waals surface area contributed by atoms with Crippen LogP contribution in [0.1, 0.15) is 37.7 Å². The van der Waals surface area contributed by atoms with Crippen molar-refractivity contribution in [2.45, 2.75) is 13.8 Å². The Morgan fingerprint density at radius 1 is 0.889 bits per heavy atom. The highest BCUT2D eigenvalue weighted by Gasteiger charge is 2.22. The third-order valence-electron chi connectivity index (χ3n) is 6.31. The van der Waals surface area contributed by atoms with E-state index >= 15 is 0 Å². The number of nitrogens with zero attached hydrogens (tertiary/aromatic N) is 1. The fourth-order valence-electron chi connectivity index (χ4n) is 4.52. The summed E-state index contributed by atoms with van der Waals surface area (Å²) in [6.07, 6.45) is 0. The van der Waals surface area contributed by atoms with Crippen LogP contribution in [0.3, 0.4) is 0 Å². The largest absolute Gasteiger partial charge is 0.454 e. The van der Waals surface area contributed by atoms with Crippen LogP contribution in [0.5, 0.6) is 11.5 Å². The SMILES string of the molecule is Cc1[nH]c(C(=O)Nc2ccc3c(c2)OCO3)c(C)c1-c1nc2cc(C(=O)c3ccccc3)ccc2[nH]1. The minimum atomic E-state index is -0.271. The van der Waals surface area contributed by atoms with Crippen molar-refractivity contribution >= 4 is 28.4 Å². The van der Waals surface area contributed by atoms with Gasteiger partial charge < -0.3 is 24.8 Å². The van der Waals surface area contributed by atoms with Gasteiger partial charge in [-0.1, -0.05) is 30.3 Å². The van der Waals surface area contributed by atoms with Crippen molar-refractivity contribution < 1.29 is 19.1 Å². The Labute approximate surface area is 206 Å². The number of hydrogen-bond acceptors (Lipinski definition) is 5. The monoisotopic (exact) mass is 478 g/mol. The van der Waals surface area contributed by atoms with Gasteiger partial charge in [-0.2, -0.15) is 0 Å². The number of benzene rings is 3. The Morgan fingerprint density at radius 2 is 1.69 bits per heavy atom. The minimum absolute atomic E-state index is 0.0569. The number of ether oxygens (including phenoxy) is 2. The summed E-state index contributed by atoms with van der Waals surface area (Å²) in [5, 5.41) is 2.91. The number of anilines is 1. The first-order chi connectivity index (χ1) is 17.5. The fourth-order valence-corrected chi connectivity index (χ4v) is 4.52. The molecule has 0 bridgehead atoms. The summed E-state index contributed by atoms with van der Waals surface area (Å²) in [6.45, 7) is 3.95. The Balaban J connectivity index is 1.30. The molecule has 0 spiro atoms. The minimum Gasteiger partial charge on any atom is -0.454 e. The van der Waals surface area contributed by atoms with Gasteiger partial charge in [-0.05, 0) is 49.7 Å². The van der Waals surface area contributed by atoms with E-state index in [-0.39, 0.29) is 18.5 Å². The van der Waals surface area contributed by atoms with Crippen LogP contribution in [0.15, 0.2) is 66.7 Å². The number of hydrogen-bond donors (Lipinski definition) is 3. The molecule has 1 aliphatic heterocycles. The molecule has 2 aromatic heterocycles. The molecule has 0 saturated heterocycles. The van der Waals surface area contributed by atoms with E-state index in [0.29, 0.717) is 45.3 Å². The van der Waals surface area contributed by atoms with E-state index in [2.05, 4.69) is 15.3 Å². The van der Waals surface area contributed by atoms with Crippen LogP contribution in [0.25, 0.3) is 22.4 Å². The number of aromatic amines is 2. The van der Waals surface area contributed by atoms with Crippen molar-refractivity contribution in [2.24, 2.45) is 0 Å². The van der Waals surface area contributed by atoms with Crippen molar-refractivity contribution in [2.75, 3.05) is 12.1 Å². The Morgan fingerprint density at radius 3 is 2.53 bits per heavy atom. The lowest BCUT2D eigenvalue weighted by molar-refractivity contribution is 0.101. The number of nitrogens with one attached hydrogen (secondary N) is 3. The molecule has 0 saturated carbocycles. The van der Waals surface area contributed by atoms with Crippen molar-refractivity contribution in [1.29, 1.82) is 0 Å². The third kappa shape index (κ3) is 3.69. The van der Waals surface area contributed by atoms with Gasteiger partial charge in [0.2, 0.25) is 6.79 Å². The lowest BCUT2D eigenvalue weighted by Gasteiger charge is -2.06. The smallest absolute Gasteiger partial charge is 0.272 e. The topological polar surface area (TPSA) is 109 Å². The highest BCUT2D eigenvalue weighted by molar-refractivity contribution is 6.10. The normalized spacial score (nSPS) is 12.2. The first kappa shape index (κ1) is 21.7. The molecule has 3 aromatic carbocycles. The number of imidazole rings is 1. The van der Waals surface area contributed by atoms with E-state index in [1.807, 2.05) is 38.1 Å². The average molecular weight is 479 g/mol. The maximum absolute atomic E-state index is 13.1. The number of fused-ring (bicyclic) bond motifs is 2. The van der Waals surface area contributed by atoms with E-state index in [1.165, 1.54) is 0 Å². The van der Waals surface area contributed by atoms with Gasteiger partial charge in [0, 0.05) is 34.1 Å². The van der Waals surface area contributed by atoms with Crippen molar-refractivity contribution in [3.63, 3.8) is 0 Å². The summed E-state index contributed by atoms with van der Waals surface area (Å²) in [7, 11) is 0. The number of carbonyl (C=O) groups is 2. The average Bonchev–Trinajstić information content (AvgIpc) is 3.60. The molecule has 0 fully saturated rings. The Bertz CT molecular complexity index is 1650. The van der Waals surface area contributed by atoms with Crippen molar-refractivity contribution in [3.05, 3.63) is 94.8 Å². The lowest BCUT2D eigenvalue weighted by atomic mass is 10.0. The summed E-state index contributed by atoms with van der Waals surface area (Å²) in [5.74, 6) is 1.55. The zero-order valence-electron chi connectivity index (χ0n) is 19.6. The predicted molar refractivity (Wildman–Crippen MR) is 136 cm³/mol. The second-order valence-corrected chi connectivity index (χ2v) is 8.66. The van der Waals surface area contributed by atoms with Crippen LogP contribution in [0.4, 0.5) is 5.69 Å². The summed E-state index contributed by atoms with van der Waals surface area (Å²) in [5.41, 5.74) is 6.13. The van der Waals surface area contributed by atoms with Crippen molar-refractivity contribution in [3.8, 4) is 22.9 Å². The summed E-state index contributed by atoms with van der Waals surface area (Å²) in [4.78, 5) is 37.2. The standard InChI is InChI=1S/C28H22N4O4/c1-15-24(16(2)29-25(15)28(34)30-19-9-11-22-23(13-19)36-14-35-22)27-31-20-10-8-18(12-21(20)32-27)26(33)17-6-4-3-5-7-17/h3-13,29H,14H2,1-2H3,(H,30,34)(H,31,32). The van der Waals surface area contributed by atoms with Crippen LogP contribution in [0, 0.1) is 13.8 Å². The highest BCUT2D eigenvalue weighted by Crippen LogP contribution is 2.35. The number of amides is 1. The fraction of sp³-hybridized carbons (Fsp3) is 0.107. The molecule has 8 heteroatoms. The van der Waals surface area contributed by atoms with Gasteiger partial charge in [-0.3, -0.25) is 9.59 Å². The molecule has 0 aliphatic carbocycles. The molecule has 1 aliphatic rings. The number of rotatable bonds is 5. The first-order valence-electron chi connectivity index (χ1n) is 11.5. The number of ketones is 1. The molecule has 0 atom stereocenters. The Hall–Kier alpha value is -4.85. The molecule has 36 heavy (non-hydrogen) atoms. The van der Waals surface area contributed by atoms with Crippen molar-refractivity contribution in [1.82, 2.24) is 15.0 Å². The number of carbonyl (C=O) groups excluding carboxylic acids is 2. The van der Waals surface area contributed by atoms with Crippen LogP contribution >= 0.6 is 0 Å². The van der Waals surface area contributed by atoms with Gasteiger partial charge in [-0.15, -0.1) is 0 Å². The highest BCUT2D eigenvalue weighted by atomic mass is 16.7. The molecular weight excluding hydrogens is 456 g/mol. The van der Waals surface area contributed by atoms with E-state index in [0.717, 1.165) is 22.3 Å². The molecule has 3 heterocycles. The molecule has 6 rings (SSSR count). The second kappa shape index (κ2) is 8.42. The van der Waals surface area contributed by atoms with Gasteiger partial charge >= 0.3 is 0 Å². The van der Waals surface area contributed by atoms with Gasteiger partial charge in [-0.25, -0.2) is 4.98 Å². The molecule has 0 unspecified atom stereocenters. The summed E-state index contributed by atoms with van der Waals surface area (Å²) in [6, 6.07) is 19.9. The number of aromatic nitrogens is 3. The van der Waals surface area contributed by atoms with Gasteiger partial charge in [0.1, 0.15) is 11.5 Å². The van der Waals surface area contributed by atoms with E-state index < -0.39 is 0 Å². The molecule has 8 nitrogen and oxygen atoms in total. The van der Waals surface area contributed by atoms with Crippen LogP contribution in [-0.2, 0) is 0 Å². The van der Waals surface area contributed by atoms with Crippen LogP contribution in [-0.4, -0.2) is 33.4 Å². The van der Waals surface area contributed by atoms with Gasteiger partial charge in [0.05, 0.1) is 11.0 Å². The lowest BCUT2D eigenvalue weighted by Crippen LogP contribution is -2.13. The predicted octanol–water partition coefficient (Wildman–Crippen LogP) is 5.39. The first-order valence-corrected chi connectivity index (χ1v) is 11.5. The third-order valence-corrected chi connectivity index (χ3v) is 6.31. The van der Waals surface area contributed by atoms with E-state index in [4.69, 9.17) is 14.5 Å². The molecule has 5 aromatic rings. The maximum Gasteiger partial charge on any atom is 0.272 e. The quantitative estimate of drug-likeness (QED) is 0.294. The summed E-state index contributed by atoms with van der Waals surface area (Å²) < 4.78 is 10.7. The zero-order valence-corrected chi connectivity index (χ0v) is 19.6. The van der Waals surface area contributed by atoms with Crippen LogP contribution < -0.4 is 14.8 Å². The molecule has 178 valence electrons. The summed E-state index contributed by atoms with van der Waals surface area (Å²) >= 11 is 0. The van der Waals surface area contributed by atoms with Crippen LogP contribution in [0.2, 0.25) is 0 Å². The van der Waals surface area contributed by atoms with Gasteiger partial charge in [0.25, 0.3) is 5.91 Å². The zero-order chi connectivity index (χ0) is 24.8. The maximum atomic E-state index is 13.1. The molecule has 3 N–H and O–H groups in total. The van der Waals surface area contributed by atoms with E-state index in [9.17, 15) is 9.59 Å². The molecule has 1 amide bonds. The Kier molecular flexibility index (Phi) is 5.07.